The molecule has 0 aromatic heterocycles. The van der Waals surface area contributed by atoms with Crippen LogP contribution in [0.15, 0.2) is 0 Å². The molecule has 1 N–H and O–H groups in total. The van der Waals surface area contributed by atoms with E-state index in [-0.39, 0.29) is 38.4 Å². The molecule has 0 aromatic rings. The molecule has 0 aliphatic carbocycles. The highest BCUT2D eigenvalue weighted by atomic mass is 16.6. The monoisotopic (exact) mass is 385 g/mol. The number of alkyl carbamates (subject to hydrolysis) is 1. The lowest BCUT2D eigenvalue weighted by atomic mass is 10.1. The SMILES string of the molecule is CC(C)CC(=O)OCCOC(=O)NC(CCC(=O)C=[N+]=[N-])C(=O)OC(C)C. The maximum Gasteiger partial charge on any atom is 0.407 e. The molecule has 0 rings (SSSR count). The van der Waals surface area contributed by atoms with Gasteiger partial charge in [-0.05, 0) is 26.2 Å². The summed E-state index contributed by atoms with van der Waals surface area (Å²) in [6.07, 6.45) is -0.559. The third-order valence-electron chi connectivity index (χ3n) is 2.96. The highest BCUT2D eigenvalue weighted by Gasteiger charge is 2.25. The predicted octanol–water partition coefficient (Wildman–Crippen LogP) is 1.27. The van der Waals surface area contributed by atoms with E-state index >= 15 is 0 Å². The third kappa shape index (κ3) is 13.2. The first-order valence-corrected chi connectivity index (χ1v) is 8.65. The summed E-state index contributed by atoms with van der Waals surface area (Å²) in [4.78, 5) is 49.2. The summed E-state index contributed by atoms with van der Waals surface area (Å²) in [7, 11) is 0. The maximum absolute atomic E-state index is 12.0. The Labute approximate surface area is 158 Å². The van der Waals surface area contributed by atoms with Gasteiger partial charge in [0, 0.05) is 12.8 Å². The fourth-order valence-corrected chi connectivity index (χ4v) is 1.84. The van der Waals surface area contributed by atoms with Crippen LogP contribution in [0.5, 0.6) is 0 Å². The number of carbonyl (C=O) groups excluding carboxylic acids is 4. The Morgan fingerprint density at radius 2 is 1.70 bits per heavy atom. The molecule has 0 saturated heterocycles. The van der Waals surface area contributed by atoms with E-state index in [0.717, 1.165) is 0 Å². The second kappa shape index (κ2) is 13.5. The van der Waals surface area contributed by atoms with Crippen molar-refractivity contribution in [1.29, 1.82) is 0 Å². The quantitative estimate of drug-likeness (QED) is 0.133. The second-order valence-corrected chi connectivity index (χ2v) is 6.39. The Kier molecular flexibility index (Phi) is 12.1. The van der Waals surface area contributed by atoms with E-state index in [1.165, 1.54) is 0 Å². The van der Waals surface area contributed by atoms with Crippen molar-refractivity contribution in [2.75, 3.05) is 13.2 Å². The zero-order chi connectivity index (χ0) is 20.8. The van der Waals surface area contributed by atoms with Gasteiger partial charge in [0.05, 0.1) is 6.10 Å². The van der Waals surface area contributed by atoms with Gasteiger partial charge in [0.1, 0.15) is 19.3 Å². The average Bonchev–Trinajstić information content (AvgIpc) is 2.54. The number of nitrogens with one attached hydrogen (secondary N) is 1. The Morgan fingerprint density at radius 3 is 2.26 bits per heavy atom. The molecule has 0 aliphatic heterocycles. The zero-order valence-corrected chi connectivity index (χ0v) is 16.1. The molecule has 10 nitrogen and oxygen atoms in total. The van der Waals surface area contributed by atoms with Crippen molar-refractivity contribution in [1.82, 2.24) is 5.32 Å². The van der Waals surface area contributed by atoms with Crippen molar-refractivity contribution in [2.24, 2.45) is 5.92 Å². The van der Waals surface area contributed by atoms with Gasteiger partial charge in [-0.3, -0.25) is 9.59 Å². The van der Waals surface area contributed by atoms with E-state index in [1.807, 2.05) is 13.8 Å². The summed E-state index contributed by atoms with van der Waals surface area (Å²) in [5, 5.41) is 2.30. The minimum Gasteiger partial charge on any atom is -0.462 e. The normalized spacial score (nSPS) is 11.3. The van der Waals surface area contributed by atoms with Crippen LogP contribution in [-0.4, -0.2) is 60.2 Å². The summed E-state index contributed by atoms with van der Waals surface area (Å²) in [5.41, 5.74) is 8.31. The summed E-state index contributed by atoms with van der Waals surface area (Å²) in [5.74, 6) is -1.48. The molecule has 10 heteroatoms. The number of hydrogen-bond acceptors (Lipinski definition) is 7. The summed E-state index contributed by atoms with van der Waals surface area (Å²) in [6.45, 7) is 6.74. The summed E-state index contributed by atoms with van der Waals surface area (Å²) in [6, 6.07) is -1.11. The van der Waals surface area contributed by atoms with E-state index in [9.17, 15) is 19.2 Å². The molecule has 0 fully saturated rings. The first-order chi connectivity index (χ1) is 12.6. The summed E-state index contributed by atoms with van der Waals surface area (Å²) >= 11 is 0. The van der Waals surface area contributed by atoms with Crippen molar-refractivity contribution in [3.63, 3.8) is 0 Å². The second-order valence-electron chi connectivity index (χ2n) is 6.39. The van der Waals surface area contributed by atoms with Crippen LogP contribution in [0.3, 0.4) is 0 Å². The fourth-order valence-electron chi connectivity index (χ4n) is 1.84. The number of amides is 1. The number of ketones is 1. The first-order valence-electron chi connectivity index (χ1n) is 8.65. The predicted molar refractivity (Wildman–Crippen MR) is 93.8 cm³/mol. The van der Waals surface area contributed by atoms with Gasteiger partial charge < -0.3 is 25.1 Å². The number of esters is 2. The van der Waals surface area contributed by atoms with E-state index < -0.39 is 36.0 Å². The van der Waals surface area contributed by atoms with Gasteiger partial charge in [-0.1, -0.05) is 13.8 Å². The molecule has 0 aliphatic rings. The molecule has 0 radical (unpaired) electrons. The molecule has 1 unspecified atom stereocenters. The lowest BCUT2D eigenvalue weighted by molar-refractivity contribution is -0.150. The highest BCUT2D eigenvalue weighted by Crippen LogP contribution is 2.04. The number of carbonyl (C=O) groups is 4. The lowest BCUT2D eigenvalue weighted by Gasteiger charge is -2.18. The third-order valence-corrected chi connectivity index (χ3v) is 2.96. The van der Waals surface area contributed by atoms with Crippen LogP contribution in [0.2, 0.25) is 0 Å². The number of ether oxygens (including phenoxy) is 3. The molecule has 152 valence electrons. The van der Waals surface area contributed by atoms with Crippen molar-refractivity contribution in [2.45, 2.75) is 59.1 Å². The van der Waals surface area contributed by atoms with Gasteiger partial charge in [-0.15, -0.1) is 0 Å². The van der Waals surface area contributed by atoms with E-state index in [0.29, 0.717) is 6.21 Å². The molecule has 27 heavy (non-hydrogen) atoms. The molecule has 0 spiro atoms. The molecular formula is C17H27N3O7. The van der Waals surface area contributed by atoms with Crippen LogP contribution in [0, 0.1) is 5.92 Å². The largest absolute Gasteiger partial charge is 0.462 e. The Bertz CT molecular complexity index is 569. The standard InChI is InChI=1S/C17H27N3O7/c1-11(2)9-15(22)25-7-8-26-17(24)20-14(16(23)27-12(3)4)6-5-13(21)10-19-18/h10-12,14H,5-9H2,1-4H3,(H,20,24). The topological polar surface area (TPSA) is 144 Å². The van der Waals surface area contributed by atoms with Gasteiger partial charge in [0.2, 0.25) is 5.78 Å². The van der Waals surface area contributed by atoms with Crippen LogP contribution in [-0.2, 0) is 28.6 Å². The first kappa shape index (κ1) is 24.3. The van der Waals surface area contributed by atoms with Gasteiger partial charge in [-0.25, -0.2) is 9.59 Å². The minimum atomic E-state index is -1.11. The smallest absolute Gasteiger partial charge is 0.407 e. The molecule has 1 amide bonds. The van der Waals surface area contributed by atoms with Crippen LogP contribution >= 0.6 is 0 Å². The van der Waals surface area contributed by atoms with Crippen LogP contribution in [0.4, 0.5) is 4.79 Å². The van der Waals surface area contributed by atoms with Gasteiger partial charge in [0.15, 0.2) is 0 Å². The van der Waals surface area contributed by atoms with Crippen molar-refractivity contribution in [3.8, 4) is 0 Å². The van der Waals surface area contributed by atoms with Crippen molar-refractivity contribution >= 4 is 30.0 Å². The summed E-state index contributed by atoms with van der Waals surface area (Å²) < 4.78 is 14.8. The van der Waals surface area contributed by atoms with E-state index in [2.05, 4.69) is 10.1 Å². The zero-order valence-electron chi connectivity index (χ0n) is 16.1. The van der Waals surface area contributed by atoms with Crippen LogP contribution < -0.4 is 5.32 Å². The minimum absolute atomic E-state index is 0.0606. The van der Waals surface area contributed by atoms with E-state index in [1.54, 1.807) is 13.8 Å². The van der Waals surface area contributed by atoms with Gasteiger partial charge >= 0.3 is 24.2 Å². The average molecular weight is 385 g/mol. The molecular weight excluding hydrogens is 358 g/mol. The number of Topliss-reactive ketones (excluding diaryl/α,β-unsaturated/α-hetero) is 1. The Hall–Kier alpha value is -2.74. The molecule has 1 atom stereocenters. The molecule has 0 bridgehead atoms. The Morgan fingerprint density at radius 1 is 1.07 bits per heavy atom. The molecule has 0 saturated carbocycles. The maximum atomic E-state index is 12.0. The van der Waals surface area contributed by atoms with Crippen LogP contribution in [0.25, 0.3) is 5.53 Å². The van der Waals surface area contributed by atoms with Crippen molar-refractivity contribution < 1.29 is 38.2 Å². The molecule has 0 aromatic carbocycles. The van der Waals surface area contributed by atoms with E-state index in [4.69, 9.17) is 19.7 Å². The van der Waals surface area contributed by atoms with Crippen molar-refractivity contribution in [3.05, 3.63) is 5.53 Å². The lowest BCUT2D eigenvalue weighted by Crippen LogP contribution is -2.43. The van der Waals surface area contributed by atoms with Crippen LogP contribution in [0.1, 0.15) is 47.0 Å². The highest BCUT2D eigenvalue weighted by molar-refractivity contribution is 6.25. The van der Waals surface area contributed by atoms with Gasteiger partial charge in [0.25, 0.3) is 0 Å². The number of nitrogens with zero attached hydrogens (tertiary/aromatic N) is 2. The fraction of sp³-hybridized carbons (Fsp3) is 0.706. The number of rotatable bonds is 12. The molecule has 0 heterocycles. The Balaban J connectivity index is 4.46. The van der Waals surface area contributed by atoms with Gasteiger partial charge in [-0.2, -0.15) is 4.79 Å². The number of hydrogen-bond donors (Lipinski definition) is 1.